The van der Waals surface area contributed by atoms with Gasteiger partial charge >= 0.3 is 0 Å². The average Bonchev–Trinajstić information content (AvgIpc) is 2.68. The van der Waals surface area contributed by atoms with E-state index in [2.05, 4.69) is 4.98 Å². The molecule has 1 aromatic heterocycles. The number of carbonyl (C=O) groups is 1. The lowest BCUT2D eigenvalue weighted by molar-refractivity contribution is 0.0990. The van der Waals surface area contributed by atoms with Crippen molar-refractivity contribution in [1.29, 1.82) is 0 Å². The highest BCUT2D eigenvalue weighted by molar-refractivity contribution is 6.01. The third kappa shape index (κ3) is 2.36. The topological polar surface area (TPSA) is 60.9 Å². The van der Waals surface area contributed by atoms with Gasteiger partial charge in [-0.2, -0.15) is 0 Å². The maximum absolute atomic E-state index is 12.1. The number of nitrogen functional groups attached to an aromatic ring is 1. The van der Waals surface area contributed by atoms with Crippen LogP contribution >= 0.6 is 0 Å². The van der Waals surface area contributed by atoms with Gasteiger partial charge in [-0.05, 0) is 19.1 Å². The Bertz CT molecular complexity index is 558. The highest BCUT2D eigenvalue weighted by Crippen LogP contribution is 2.16. The van der Waals surface area contributed by atoms with Gasteiger partial charge in [0.25, 0.3) is 0 Å². The second-order valence-corrected chi connectivity index (χ2v) is 4.15. The fourth-order valence-electron chi connectivity index (χ4n) is 1.72. The summed E-state index contributed by atoms with van der Waals surface area (Å²) in [6.07, 6.45) is 3.78. The molecule has 0 amide bonds. The van der Waals surface area contributed by atoms with Crippen LogP contribution in [0.2, 0.25) is 0 Å². The second kappa shape index (κ2) is 4.41. The van der Waals surface area contributed by atoms with E-state index in [1.54, 1.807) is 12.3 Å². The number of benzene rings is 1. The smallest absolute Gasteiger partial charge is 0.172 e. The molecule has 0 radical (unpaired) electrons. The summed E-state index contributed by atoms with van der Waals surface area (Å²) in [6.45, 7) is 1.94. The first-order valence-corrected chi connectivity index (χ1v) is 5.43. The number of rotatable bonds is 3. The van der Waals surface area contributed by atoms with Crippen molar-refractivity contribution >= 4 is 11.5 Å². The Balaban J connectivity index is 2.26. The van der Waals surface area contributed by atoms with E-state index in [1.165, 1.54) is 0 Å². The first kappa shape index (κ1) is 11.4. The SMILES string of the molecule is Cc1ccc(N)c(C(=O)Cc2nccn2C)c1. The number of ketones is 1. The van der Waals surface area contributed by atoms with E-state index in [4.69, 9.17) is 5.73 Å². The number of carbonyl (C=O) groups excluding carboxylic acids is 1. The van der Waals surface area contributed by atoms with Crippen molar-refractivity contribution in [3.63, 3.8) is 0 Å². The van der Waals surface area contributed by atoms with Gasteiger partial charge in [-0.3, -0.25) is 4.79 Å². The largest absolute Gasteiger partial charge is 0.398 e. The van der Waals surface area contributed by atoms with Crippen molar-refractivity contribution in [2.24, 2.45) is 7.05 Å². The molecule has 2 N–H and O–H groups in total. The van der Waals surface area contributed by atoms with Gasteiger partial charge in [-0.25, -0.2) is 4.98 Å². The molecule has 0 unspecified atom stereocenters. The number of nitrogens with zero attached hydrogens (tertiary/aromatic N) is 2. The van der Waals surface area contributed by atoms with Crippen LogP contribution in [-0.2, 0) is 13.5 Å². The number of Topliss-reactive ketones (excluding diaryl/α,β-unsaturated/α-hetero) is 1. The Morgan fingerprint density at radius 1 is 1.47 bits per heavy atom. The molecule has 0 aliphatic heterocycles. The molecule has 0 spiro atoms. The summed E-state index contributed by atoms with van der Waals surface area (Å²) in [5.74, 6) is 0.747. The average molecular weight is 229 g/mol. The molecule has 17 heavy (non-hydrogen) atoms. The van der Waals surface area contributed by atoms with E-state index in [9.17, 15) is 4.79 Å². The quantitative estimate of drug-likeness (QED) is 0.644. The van der Waals surface area contributed by atoms with Gasteiger partial charge in [0.05, 0.1) is 6.42 Å². The van der Waals surface area contributed by atoms with Crippen molar-refractivity contribution in [2.75, 3.05) is 5.73 Å². The van der Waals surface area contributed by atoms with E-state index >= 15 is 0 Å². The van der Waals surface area contributed by atoms with Gasteiger partial charge < -0.3 is 10.3 Å². The van der Waals surface area contributed by atoms with Crippen LogP contribution in [0.4, 0.5) is 5.69 Å². The summed E-state index contributed by atoms with van der Waals surface area (Å²) in [4.78, 5) is 16.2. The lowest BCUT2D eigenvalue weighted by Gasteiger charge is -2.06. The number of hydrogen-bond acceptors (Lipinski definition) is 3. The molecule has 4 nitrogen and oxygen atoms in total. The summed E-state index contributed by atoms with van der Waals surface area (Å²) in [7, 11) is 1.87. The number of nitrogens with two attached hydrogens (primary N) is 1. The minimum atomic E-state index is 0.000463. The summed E-state index contributed by atoms with van der Waals surface area (Å²) in [5, 5.41) is 0. The van der Waals surface area contributed by atoms with E-state index in [1.807, 2.05) is 36.9 Å². The molecule has 0 saturated carbocycles. The normalized spacial score (nSPS) is 10.5. The third-order valence-corrected chi connectivity index (χ3v) is 2.75. The molecule has 4 heteroatoms. The molecule has 1 aromatic carbocycles. The summed E-state index contributed by atoms with van der Waals surface area (Å²) >= 11 is 0. The van der Waals surface area contributed by atoms with Gasteiger partial charge in [0.2, 0.25) is 0 Å². The van der Waals surface area contributed by atoms with Crippen molar-refractivity contribution in [3.05, 3.63) is 47.5 Å². The maximum atomic E-state index is 12.1. The molecule has 0 aliphatic rings. The van der Waals surface area contributed by atoms with Crippen LogP contribution in [0.1, 0.15) is 21.7 Å². The summed E-state index contributed by atoms with van der Waals surface area (Å²) < 4.78 is 1.84. The zero-order valence-corrected chi connectivity index (χ0v) is 9.97. The van der Waals surface area contributed by atoms with Crippen LogP contribution in [0.5, 0.6) is 0 Å². The van der Waals surface area contributed by atoms with Crippen molar-refractivity contribution in [1.82, 2.24) is 9.55 Å². The van der Waals surface area contributed by atoms with Crippen LogP contribution in [0.15, 0.2) is 30.6 Å². The number of hydrogen-bond donors (Lipinski definition) is 1. The van der Waals surface area contributed by atoms with Crippen LogP contribution in [-0.4, -0.2) is 15.3 Å². The molecule has 0 atom stereocenters. The van der Waals surface area contributed by atoms with E-state index in [0.29, 0.717) is 11.3 Å². The van der Waals surface area contributed by atoms with Crippen molar-refractivity contribution in [3.8, 4) is 0 Å². The van der Waals surface area contributed by atoms with Crippen molar-refractivity contribution < 1.29 is 4.79 Å². The van der Waals surface area contributed by atoms with Crippen LogP contribution in [0, 0.1) is 6.92 Å². The fraction of sp³-hybridized carbons (Fsp3) is 0.231. The Morgan fingerprint density at radius 2 is 2.24 bits per heavy atom. The number of aryl methyl sites for hydroxylation is 2. The zero-order valence-electron chi connectivity index (χ0n) is 9.97. The zero-order chi connectivity index (χ0) is 12.4. The third-order valence-electron chi connectivity index (χ3n) is 2.75. The van der Waals surface area contributed by atoms with E-state index in [0.717, 1.165) is 11.4 Å². The van der Waals surface area contributed by atoms with E-state index < -0.39 is 0 Å². The second-order valence-electron chi connectivity index (χ2n) is 4.15. The molecular weight excluding hydrogens is 214 g/mol. The molecule has 2 aromatic rings. The van der Waals surface area contributed by atoms with Gasteiger partial charge in [-0.15, -0.1) is 0 Å². The highest BCUT2D eigenvalue weighted by Gasteiger charge is 2.13. The Labute approximate surface area is 100 Å². The molecule has 0 bridgehead atoms. The van der Waals surface area contributed by atoms with Gasteiger partial charge in [0.1, 0.15) is 5.82 Å². The van der Waals surface area contributed by atoms with Crippen LogP contribution in [0.25, 0.3) is 0 Å². The lowest BCUT2D eigenvalue weighted by Crippen LogP contribution is -2.10. The number of aromatic nitrogens is 2. The lowest BCUT2D eigenvalue weighted by atomic mass is 10.0. The molecule has 1 heterocycles. The minimum absolute atomic E-state index is 0.000463. The molecule has 2 rings (SSSR count). The molecule has 0 saturated heterocycles. The molecule has 0 fully saturated rings. The number of imidazole rings is 1. The number of anilines is 1. The predicted molar refractivity (Wildman–Crippen MR) is 66.8 cm³/mol. The Hall–Kier alpha value is -2.10. The van der Waals surface area contributed by atoms with Gasteiger partial charge in [0, 0.05) is 30.7 Å². The summed E-state index contributed by atoms with van der Waals surface area (Å²) in [5.41, 5.74) is 7.94. The maximum Gasteiger partial charge on any atom is 0.172 e. The van der Waals surface area contributed by atoms with Gasteiger partial charge in [0.15, 0.2) is 5.78 Å². The molecule has 88 valence electrons. The van der Waals surface area contributed by atoms with Crippen molar-refractivity contribution in [2.45, 2.75) is 13.3 Å². The van der Waals surface area contributed by atoms with Gasteiger partial charge in [-0.1, -0.05) is 11.6 Å². The van der Waals surface area contributed by atoms with E-state index in [-0.39, 0.29) is 12.2 Å². The fourth-order valence-corrected chi connectivity index (χ4v) is 1.72. The molecule has 0 aliphatic carbocycles. The Morgan fingerprint density at radius 3 is 2.88 bits per heavy atom. The molecular formula is C13H15N3O. The standard InChI is InChI=1S/C13H15N3O/c1-9-3-4-11(14)10(7-9)12(17)8-13-15-5-6-16(13)2/h3-7H,8,14H2,1-2H3. The predicted octanol–water partition coefficient (Wildman–Crippen LogP) is 1.74. The highest BCUT2D eigenvalue weighted by atomic mass is 16.1. The minimum Gasteiger partial charge on any atom is -0.398 e. The first-order valence-electron chi connectivity index (χ1n) is 5.43. The Kier molecular flexibility index (Phi) is 2.95. The van der Waals surface area contributed by atoms with Crippen LogP contribution in [0.3, 0.4) is 0 Å². The monoisotopic (exact) mass is 229 g/mol. The summed E-state index contributed by atoms with van der Waals surface area (Å²) in [6, 6.07) is 5.48. The van der Waals surface area contributed by atoms with Crippen LogP contribution < -0.4 is 5.73 Å². The first-order chi connectivity index (χ1) is 8.08.